The second-order valence-electron chi connectivity index (χ2n) is 6.96. The van der Waals surface area contributed by atoms with E-state index < -0.39 is 70.5 Å². The lowest BCUT2D eigenvalue weighted by atomic mass is 10.0. The number of carbonyl (C=O) groups excluding carboxylic acids is 1. The summed E-state index contributed by atoms with van der Waals surface area (Å²) in [6.07, 6.45) is -7.25. The average Bonchev–Trinajstić information content (AvgIpc) is 2.77. The number of anilines is 1. The molecule has 0 bridgehead atoms. The number of halogens is 7. The van der Waals surface area contributed by atoms with E-state index in [0.29, 0.717) is 13.0 Å². The second kappa shape index (κ2) is 9.90. The van der Waals surface area contributed by atoms with Gasteiger partial charge in [-0.05, 0) is 43.3 Å². The number of aliphatic hydroxyl groups is 1. The molecule has 1 atom stereocenters. The number of para-hydroxylation sites is 1. The van der Waals surface area contributed by atoms with Gasteiger partial charge in [-0.1, -0.05) is 17.7 Å². The Morgan fingerprint density at radius 3 is 2.44 bits per heavy atom. The Hall–Kier alpha value is -3.31. The van der Waals surface area contributed by atoms with E-state index in [2.05, 4.69) is 10.3 Å². The van der Waals surface area contributed by atoms with E-state index in [4.69, 9.17) is 16.3 Å². The Bertz CT molecular complexity index is 1220. The van der Waals surface area contributed by atoms with Gasteiger partial charge < -0.3 is 15.2 Å². The van der Waals surface area contributed by atoms with Crippen LogP contribution in [0.25, 0.3) is 11.3 Å². The predicted molar refractivity (Wildman–Crippen MR) is 111 cm³/mol. The summed E-state index contributed by atoms with van der Waals surface area (Å²) in [5, 5.41) is 11.1. The minimum atomic E-state index is -4.84. The lowest BCUT2D eigenvalue weighted by molar-refractivity contribution is -0.189. The van der Waals surface area contributed by atoms with Crippen molar-refractivity contribution >= 4 is 23.2 Å². The Morgan fingerprint density at radius 1 is 1.12 bits per heavy atom. The molecule has 0 aliphatic carbocycles. The van der Waals surface area contributed by atoms with Crippen LogP contribution < -0.4 is 10.1 Å². The topological polar surface area (TPSA) is 71.5 Å². The van der Waals surface area contributed by atoms with Gasteiger partial charge in [-0.2, -0.15) is 13.2 Å². The minimum absolute atomic E-state index is 0.205. The summed E-state index contributed by atoms with van der Waals surface area (Å²) in [6.45, 7) is -0.155. The van der Waals surface area contributed by atoms with Gasteiger partial charge >= 0.3 is 6.18 Å². The third-order valence-corrected chi connectivity index (χ3v) is 4.94. The fourth-order valence-electron chi connectivity index (χ4n) is 2.83. The molecule has 0 radical (unpaired) electrons. The highest BCUT2D eigenvalue weighted by Crippen LogP contribution is 2.34. The van der Waals surface area contributed by atoms with Gasteiger partial charge in [-0.15, -0.1) is 0 Å². The molecule has 3 rings (SSSR count). The van der Waals surface area contributed by atoms with Gasteiger partial charge in [0.05, 0.1) is 28.6 Å². The fourth-order valence-corrected chi connectivity index (χ4v) is 3.04. The summed E-state index contributed by atoms with van der Waals surface area (Å²) in [6, 6.07) is 6.75. The number of nitrogens with zero attached hydrogens (tertiary/aromatic N) is 1. The molecule has 0 fully saturated rings. The molecule has 2 N–H and O–H groups in total. The number of hydrogen-bond acceptors (Lipinski definition) is 4. The Balaban J connectivity index is 2.11. The molecule has 3 aromatic rings. The molecule has 34 heavy (non-hydrogen) atoms. The largest absolute Gasteiger partial charge is 0.480 e. The third kappa shape index (κ3) is 5.42. The van der Waals surface area contributed by atoms with Crippen LogP contribution >= 0.6 is 11.6 Å². The maximum atomic E-state index is 14.9. The van der Waals surface area contributed by atoms with Gasteiger partial charge in [-0.25, -0.2) is 18.2 Å². The van der Waals surface area contributed by atoms with Gasteiger partial charge in [-0.3, -0.25) is 4.79 Å². The van der Waals surface area contributed by atoms with Crippen LogP contribution in [0.15, 0.2) is 42.5 Å². The summed E-state index contributed by atoms with van der Waals surface area (Å²) in [5.41, 5.74) is -2.27. The summed E-state index contributed by atoms with van der Waals surface area (Å²) < 4.78 is 86.9. The summed E-state index contributed by atoms with van der Waals surface area (Å²) >= 11 is 5.85. The van der Waals surface area contributed by atoms with Crippen LogP contribution in [-0.4, -0.2) is 28.3 Å². The lowest BCUT2D eigenvalue weighted by Crippen LogP contribution is -2.32. The van der Waals surface area contributed by atoms with E-state index in [1.54, 1.807) is 0 Å². The van der Waals surface area contributed by atoms with E-state index in [-0.39, 0.29) is 10.7 Å². The van der Waals surface area contributed by atoms with Crippen LogP contribution in [0.3, 0.4) is 0 Å². The van der Waals surface area contributed by atoms with Crippen molar-refractivity contribution in [3.63, 3.8) is 0 Å². The molecule has 0 saturated heterocycles. The molecule has 0 aliphatic heterocycles. The maximum Gasteiger partial charge on any atom is 0.425 e. The van der Waals surface area contributed by atoms with Gasteiger partial charge in [0, 0.05) is 5.56 Å². The molecule has 12 heteroatoms. The lowest BCUT2D eigenvalue weighted by Gasteiger charge is -2.21. The van der Waals surface area contributed by atoms with E-state index in [0.717, 1.165) is 24.3 Å². The van der Waals surface area contributed by atoms with E-state index in [9.17, 15) is 36.2 Å². The number of pyridine rings is 1. The quantitative estimate of drug-likeness (QED) is 0.410. The number of benzene rings is 2. The van der Waals surface area contributed by atoms with Crippen LogP contribution in [0.1, 0.15) is 23.0 Å². The van der Waals surface area contributed by atoms with Crippen molar-refractivity contribution in [2.24, 2.45) is 0 Å². The number of carbonyl (C=O) groups is 1. The number of alkyl halides is 3. The molecule has 1 aromatic heterocycles. The van der Waals surface area contributed by atoms with E-state index in [1.165, 1.54) is 12.1 Å². The van der Waals surface area contributed by atoms with Crippen molar-refractivity contribution < 1.29 is 41.0 Å². The second-order valence-corrected chi connectivity index (χ2v) is 7.37. The molecular formula is C22H15ClF6N2O3. The van der Waals surface area contributed by atoms with Gasteiger partial charge in [0.2, 0.25) is 0 Å². The van der Waals surface area contributed by atoms with Crippen molar-refractivity contribution in [2.45, 2.75) is 25.8 Å². The Kier molecular flexibility index (Phi) is 7.37. The normalized spacial score (nSPS) is 12.4. The zero-order chi connectivity index (χ0) is 25.2. The predicted octanol–water partition coefficient (Wildman–Crippen LogP) is 5.89. The molecule has 2 aromatic carbocycles. The first-order chi connectivity index (χ1) is 15.9. The molecule has 0 saturated carbocycles. The highest BCUT2D eigenvalue weighted by Gasteiger charge is 2.39. The van der Waals surface area contributed by atoms with Crippen molar-refractivity contribution in [1.82, 2.24) is 4.98 Å². The van der Waals surface area contributed by atoms with E-state index in [1.807, 2.05) is 0 Å². The van der Waals surface area contributed by atoms with Crippen LogP contribution in [0.2, 0.25) is 5.02 Å². The first kappa shape index (κ1) is 25.3. The highest BCUT2D eigenvalue weighted by atomic mass is 35.5. The standard InChI is InChI=1S/C22H15ClF6N2O3/c1-10(22(27,28)29)34-19-8-11(17-6-5-14(24)18(9-32)30-17)16(26)7-12(19)21(33)31-20-13(23)3-2-4-15(20)25/h2-8,10,32H,9H2,1H3,(H,31,33)/t10-/m0/s1. The van der Waals surface area contributed by atoms with Crippen molar-refractivity contribution in [3.05, 3.63) is 76.2 Å². The van der Waals surface area contributed by atoms with Crippen molar-refractivity contribution in [1.29, 1.82) is 0 Å². The molecular weight excluding hydrogens is 490 g/mol. The highest BCUT2D eigenvalue weighted by molar-refractivity contribution is 6.34. The SMILES string of the molecule is C[C@H](Oc1cc(-c2ccc(F)c(CO)n2)c(F)cc1C(=O)Nc1c(F)cccc1Cl)C(F)(F)F. The Morgan fingerprint density at radius 2 is 1.82 bits per heavy atom. The monoisotopic (exact) mass is 504 g/mol. The molecule has 180 valence electrons. The third-order valence-electron chi connectivity index (χ3n) is 4.62. The average molecular weight is 505 g/mol. The van der Waals surface area contributed by atoms with E-state index >= 15 is 0 Å². The van der Waals surface area contributed by atoms with Crippen LogP contribution in [0.5, 0.6) is 5.75 Å². The maximum absolute atomic E-state index is 14.9. The van der Waals surface area contributed by atoms with Crippen LogP contribution in [0, 0.1) is 17.5 Å². The number of hydrogen-bond donors (Lipinski definition) is 2. The molecule has 1 heterocycles. The van der Waals surface area contributed by atoms with Crippen molar-refractivity contribution in [2.75, 3.05) is 5.32 Å². The van der Waals surface area contributed by atoms with Crippen LogP contribution in [-0.2, 0) is 6.61 Å². The molecule has 0 spiro atoms. The van der Waals surface area contributed by atoms with Gasteiger partial charge in [0.1, 0.15) is 28.9 Å². The first-order valence-electron chi connectivity index (χ1n) is 9.51. The number of nitrogens with one attached hydrogen (secondary N) is 1. The molecule has 0 unspecified atom stereocenters. The molecule has 0 aliphatic rings. The summed E-state index contributed by atoms with van der Waals surface area (Å²) in [5.74, 6) is -4.85. The zero-order valence-electron chi connectivity index (χ0n) is 17.2. The minimum Gasteiger partial charge on any atom is -0.480 e. The molecule has 1 amide bonds. The first-order valence-corrected chi connectivity index (χ1v) is 9.89. The Labute approximate surface area is 194 Å². The summed E-state index contributed by atoms with van der Waals surface area (Å²) in [7, 11) is 0. The van der Waals surface area contributed by atoms with Crippen molar-refractivity contribution in [3.8, 4) is 17.0 Å². The fraction of sp³-hybridized carbons (Fsp3) is 0.182. The van der Waals surface area contributed by atoms with Crippen LogP contribution in [0.4, 0.5) is 32.0 Å². The number of aliphatic hydroxyl groups excluding tert-OH is 1. The summed E-state index contributed by atoms with van der Waals surface area (Å²) in [4.78, 5) is 16.5. The van der Waals surface area contributed by atoms with Gasteiger partial charge in [0.15, 0.2) is 6.10 Å². The zero-order valence-corrected chi connectivity index (χ0v) is 17.9. The number of amides is 1. The number of rotatable bonds is 6. The van der Waals surface area contributed by atoms with Gasteiger partial charge in [0.25, 0.3) is 5.91 Å². The smallest absolute Gasteiger partial charge is 0.425 e. The number of ether oxygens (including phenoxy) is 1. The number of aromatic nitrogens is 1. The molecule has 5 nitrogen and oxygen atoms in total.